The van der Waals surface area contributed by atoms with Crippen molar-refractivity contribution < 1.29 is 4.79 Å². The highest BCUT2D eigenvalue weighted by atomic mass is 16.1. The smallest absolute Gasteiger partial charge is 0.220 e. The normalized spacial score (nSPS) is 11.9. The Morgan fingerprint density at radius 3 is 2.62 bits per heavy atom. The molecule has 3 aromatic rings. The molecule has 0 aliphatic heterocycles. The van der Waals surface area contributed by atoms with Gasteiger partial charge in [0.15, 0.2) is 0 Å². The third-order valence-corrected chi connectivity index (χ3v) is 3.96. The van der Waals surface area contributed by atoms with Crippen molar-refractivity contribution in [2.45, 2.75) is 25.8 Å². The number of aromatic nitrogens is 2. The van der Waals surface area contributed by atoms with Crippen molar-refractivity contribution in [2.75, 3.05) is 0 Å². The predicted octanol–water partition coefficient (Wildman–Crippen LogP) is 3.89. The lowest BCUT2D eigenvalue weighted by atomic mass is 10.2. The third kappa shape index (κ3) is 4.10. The summed E-state index contributed by atoms with van der Waals surface area (Å²) in [5.74, 6) is 0.0315. The van der Waals surface area contributed by atoms with Crippen molar-refractivity contribution in [3.05, 3.63) is 78.2 Å². The number of aryl methyl sites for hydroxylation is 1. The number of benzene rings is 1. The molecule has 2 N–H and O–H groups in total. The van der Waals surface area contributed by atoms with Crippen molar-refractivity contribution in [1.82, 2.24) is 15.3 Å². The number of rotatable bonds is 6. The highest BCUT2D eigenvalue weighted by Gasteiger charge is 2.11. The molecule has 2 aromatic heterocycles. The van der Waals surface area contributed by atoms with E-state index in [9.17, 15) is 4.79 Å². The first-order chi connectivity index (χ1) is 11.7. The van der Waals surface area contributed by atoms with Crippen LogP contribution in [0.2, 0.25) is 0 Å². The molecule has 0 saturated heterocycles. The van der Waals surface area contributed by atoms with Gasteiger partial charge in [-0.2, -0.15) is 0 Å². The number of carbonyl (C=O) groups is 1. The van der Waals surface area contributed by atoms with Crippen LogP contribution in [-0.2, 0) is 11.2 Å². The molecule has 0 aliphatic rings. The first-order valence-corrected chi connectivity index (χ1v) is 8.16. The van der Waals surface area contributed by atoms with Crippen LogP contribution >= 0.6 is 0 Å². The maximum absolute atomic E-state index is 12.1. The van der Waals surface area contributed by atoms with Gasteiger partial charge in [0, 0.05) is 24.0 Å². The van der Waals surface area contributed by atoms with E-state index >= 15 is 0 Å². The molecular formula is C20H21N3O. The molecule has 3 rings (SSSR count). The Hall–Kier alpha value is -2.88. The maximum atomic E-state index is 12.1. The summed E-state index contributed by atoms with van der Waals surface area (Å²) >= 11 is 0. The highest BCUT2D eigenvalue weighted by Crippen LogP contribution is 2.18. The minimum atomic E-state index is -0.0813. The molecule has 0 radical (unpaired) electrons. The number of aromatic amines is 1. The van der Waals surface area contributed by atoms with Crippen molar-refractivity contribution in [1.29, 1.82) is 0 Å². The van der Waals surface area contributed by atoms with E-state index in [0.29, 0.717) is 12.8 Å². The van der Waals surface area contributed by atoms with E-state index in [1.807, 2.05) is 49.4 Å². The summed E-state index contributed by atoms with van der Waals surface area (Å²) in [6, 6.07) is 19.9. The van der Waals surface area contributed by atoms with Crippen LogP contribution in [0.3, 0.4) is 0 Å². The standard InChI is InChI=1S/C20H21N3O/c1-15(18-9-5-6-14-21-18)22-20(24)13-11-17-10-12-19(23-17)16-7-3-2-4-8-16/h2-10,12,14-15,23H,11,13H2,1H3,(H,22,24)/t15-/m0/s1. The number of hydrogen-bond acceptors (Lipinski definition) is 2. The molecule has 1 atom stereocenters. The van der Waals surface area contributed by atoms with Gasteiger partial charge in [0.1, 0.15) is 0 Å². The number of H-pyrrole nitrogens is 1. The second kappa shape index (κ2) is 7.59. The van der Waals surface area contributed by atoms with E-state index in [4.69, 9.17) is 0 Å². The van der Waals surface area contributed by atoms with Crippen molar-refractivity contribution in [2.24, 2.45) is 0 Å². The lowest BCUT2D eigenvalue weighted by Crippen LogP contribution is -2.27. The summed E-state index contributed by atoms with van der Waals surface area (Å²) in [7, 11) is 0. The Morgan fingerprint density at radius 1 is 1.08 bits per heavy atom. The zero-order valence-corrected chi connectivity index (χ0v) is 13.7. The molecule has 0 fully saturated rings. The van der Waals surface area contributed by atoms with Gasteiger partial charge in [-0.15, -0.1) is 0 Å². The molecule has 0 bridgehead atoms. The zero-order chi connectivity index (χ0) is 16.8. The van der Waals surface area contributed by atoms with E-state index in [1.54, 1.807) is 6.20 Å². The number of carbonyl (C=O) groups excluding carboxylic acids is 1. The summed E-state index contributed by atoms with van der Waals surface area (Å²) in [5, 5.41) is 2.99. The first kappa shape index (κ1) is 16.0. The molecule has 4 nitrogen and oxygen atoms in total. The average Bonchev–Trinajstić information content (AvgIpc) is 3.10. The van der Waals surface area contributed by atoms with Gasteiger partial charge in [-0.05, 0) is 43.2 Å². The molecule has 4 heteroatoms. The Morgan fingerprint density at radius 2 is 1.88 bits per heavy atom. The van der Waals surface area contributed by atoms with Gasteiger partial charge in [-0.3, -0.25) is 9.78 Å². The molecule has 0 aliphatic carbocycles. The largest absolute Gasteiger partial charge is 0.358 e. The second-order valence-corrected chi connectivity index (χ2v) is 5.81. The minimum absolute atomic E-state index is 0.0315. The van der Waals surface area contributed by atoms with E-state index < -0.39 is 0 Å². The van der Waals surface area contributed by atoms with Crippen LogP contribution in [0.15, 0.2) is 66.9 Å². The van der Waals surface area contributed by atoms with Crippen molar-refractivity contribution >= 4 is 5.91 Å². The quantitative estimate of drug-likeness (QED) is 0.724. The fourth-order valence-electron chi connectivity index (χ4n) is 2.64. The van der Waals surface area contributed by atoms with E-state index in [2.05, 4.69) is 33.5 Å². The van der Waals surface area contributed by atoms with Gasteiger partial charge in [0.25, 0.3) is 0 Å². The fourth-order valence-corrected chi connectivity index (χ4v) is 2.64. The number of amides is 1. The van der Waals surface area contributed by atoms with Crippen LogP contribution in [0.1, 0.15) is 30.8 Å². The molecule has 0 unspecified atom stereocenters. The van der Waals surface area contributed by atoms with Gasteiger partial charge in [-0.1, -0.05) is 36.4 Å². The number of hydrogen-bond donors (Lipinski definition) is 2. The van der Waals surface area contributed by atoms with Crippen LogP contribution in [0.5, 0.6) is 0 Å². The summed E-state index contributed by atoms with van der Waals surface area (Å²) in [6.07, 6.45) is 2.88. The van der Waals surface area contributed by atoms with Crippen LogP contribution in [0.25, 0.3) is 11.3 Å². The fraction of sp³-hybridized carbons (Fsp3) is 0.200. The Balaban J connectivity index is 1.53. The highest BCUT2D eigenvalue weighted by molar-refractivity contribution is 5.76. The number of nitrogens with one attached hydrogen (secondary N) is 2. The molecule has 0 spiro atoms. The molecule has 24 heavy (non-hydrogen) atoms. The SMILES string of the molecule is C[C@H](NC(=O)CCc1ccc(-c2ccccc2)[nH]1)c1ccccn1. The molecular weight excluding hydrogens is 298 g/mol. The molecule has 1 aromatic carbocycles. The molecule has 1 amide bonds. The van der Waals surface area contributed by atoms with E-state index in [-0.39, 0.29) is 11.9 Å². The Labute approximate surface area is 142 Å². The van der Waals surface area contributed by atoms with Crippen molar-refractivity contribution in [3.63, 3.8) is 0 Å². The second-order valence-electron chi connectivity index (χ2n) is 5.81. The molecule has 0 saturated carbocycles. The molecule has 122 valence electrons. The topological polar surface area (TPSA) is 57.8 Å². The minimum Gasteiger partial charge on any atom is -0.358 e. The summed E-state index contributed by atoms with van der Waals surface area (Å²) in [5.41, 5.74) is 4.16. The third-order valence-electron chi connectivity index (χ3n) is 3.96. The summed E-state index contributed by atoms with van der Waals surface area (Å²) in [6.45, 7) is 1.95. The number of pyridine rings is 1. The first-order valence-electron chi connectivity index (χ1n) is 8.16. The van der Waals surface area contributed by atoms with Gasteiger partial charge in [0.05, 0.1) is 11.7 Å². The summed E-state index contributed by atoms with van der Waals surface area (Å²) in [4.78, 5) is 19.8. The lowest BCUT2D eigenvalue weighted by Gasteiger charge is -2.13. The molecule has 2 heterocycles. The monoisotopic (exact) mass is 319 g/mol. The van der Waals surface area contributed by atoms with Crippen LogP contribution in [0.4, 0.5) is 0 Å². The van der Waals surface area contributed by atoms with Crippen LogP contribution < -0.4 is 5.32 Å². The Bertz CT molecular complexity index is 781. The van der Waals surface area contributed by atoms with Crippen LogP contribution in [-0.4, -0.2) is 15.9 Å². The lowest BCUT2D eigenvalue weighted by molar-refractivity contribution is -0.121. The average molecular weight is 319 g/mol. The predicted molar refractivity (Wildman–Crippen MR) is 95.3 cm³/mol. The van der Waals surface area contributed by atoms with E-state index in [1.165, 1.54) is 0 Å². The van der Waals surface area contributed by atoms with E-state index in [0.717, 1.165) is 22.6 Å². The van der Waals surface area contributed by atoms with Crippen LogP contribution in [0, 0.1) is 0 Å². The van der Waals surface area contributed by atoms with Gasteiger partial charge in [-0.25, -0.2) is 0 Å². The maximum Gasteiger partial charge on any atom is 0.220 e. The van der Waals surface area contributed by atoms with Crippen molar-refractivity contribution in [3.8, 4) is 11.3 Å². The van der Waals surface area contributed by atoms with Gasteiger partial charge in [0.2, 0.25) is 5.91 Å². The zero-order valence-electron chi connectivity index (χ0n) is 13.7. The van der Waals surface area contributed by atoms with Gasteiger partial charge >= 0.3 is 0 Å². The number of nitrogens with zero attached hydrogens (tertiary/aromatic N) is 1. The summed E-state index contributed by atoms with van der Waals surface area (Å²) < 4.78 is 0. The van der Waals surface area contributed by atoms with Gasteiger partial charge < -0.3 is 10.3 Å². The Kier molecular flexibility index (Phi) is 5.06.